The minimum Gasteiger partial charge on any atom is -0.325 e. The van der Waals surface area contributed by atoms with Crippen molar-refractivity contribution in [2.45, 2.75) is 45.1 Å². The van der Waals surface area contributed by atoms with Crippen LogP contribution in [0.25, 0.3) is 0 Å². The molecule has 0 unspecified atom stereocenters. The second-order valence-electron chi connectivity index (χ2n) is 8.49. The first-order chi connectivity index (χ1) is 14.6. The van der Waals surface area contributed by atoms with Gasteiger partial charge in [-0.05, 0) is 49.8 Å². The molecule has 0 radical (unpaired) electrons. The predicted octanol–water partition coefficient (Wildman–Crippen LogP) is 4.10. The van der Waals surface area contributed by atoms with Gasteiger partial charge in [0.15, 0.2) is 0 Å². The lowest BCUT2D eigenvalue weighted by Crippen LogP contribution is -2.48. The normalized spacial score (nSPS) is 17.5. The molecule has 1 N–H and O–H groups in total. The van der Waals surface area contributed by atoms with E-state index in [2.05, 4.69) is 40.5 Å². The van der Waals surface area contributed by atoms with E-state index in [1.54, 1.807) is 0 Å². The van der Waals surface area contributed by atoms with Crippen molar-refractivity contribution in [2.24, 2.45) is 5.92 Å². The second kappa shape index (κ2) is 9.43. The van der Waals surface area contributed by atoms with Gasteiger partial charge >= 0.3 is 0 Å². The van der Waals surface area contributed by atoms with Crippen LogP contribution < -0.4 is 10.2 Å². The molecule has 1 saturated carbocycles. The van der Waals surface area contributed by atoms with Crippen molar-refractivity contribution < 1.29 is 9.59 Å². The summed E-state index contributed by atoms with van der Waals surface area (Å²) < 4.78 is 0. The van der Waals surface area contributed by atoms with Gasteiger partial charge in [-0.2, -0.15) is 0 Å². The fourth-order valence-corrected chi connectivity index (χ4v) is 4.33. The van der Waals surface area contributed by atoms with E-state index in [-0.39, 0.29) is 23.8 Å². The molecule has 1 aliphatic carbocycles. The van der Waals surface area contributed by atoms with Gasteiger partial charge in [-0.1, -0.05) is 42.5 Å². The number of piperidine rings is 1. The predicted molar refractivity (Wildman–Crippen MR) is 121 cm³/mol. The minimum absolute atomic E-state index is 0.114. The SMILES string of the molecule is CC(=O)Nc1ccccc1N(C(=O)C1CC1)C1CCN(CCc2ccccc2)CC1. The summed E-state index contributed by atoms with van der Waals surface area (Å²) >= 11 is 0. The smallest absolute Gasteiger partial charge is 0.230 e. The van der Waals surface area contributed by atoms with Gasteiger partial charge in [-0.3, -0.25) is 9.59 Å². The number of carbonyl (C=O) groups excluding carboxylic acids is 2. The molecular formula is C25H31N3O2. The van der Waals surface area contributed by atoms with Crippen LogP contribution in [0.3, 0.4) is 0 Å². The van der Waals surface area contributed by atoms with E-state index in [0.29, 0.717) is 0 Å². The number of carbonyl (C=O) groups is 2. The van der Waals surface area contributed by atoms with Gasteiger partial charge < -0.3 is 15.1 Å². The Hall–Kier alpha value is -2.66. The average Bonchev–Trinajstić information content (AvgIpc) is 3.60. The van der Waals surface area contributed by atoms with E-state index in [1.165, 1.54) is 12.5 Å². The zero-order valence-electron chi connectivity index (χ0n) is 17.7. The number of amides is 2. The molecule has 2 amide bonds. The van der Waals surface area contributed by atoms with E-state index in [4.69, 9.17) is 0 Å². The van der Waals surface area contributed by atoms with Crippen LogP contribution in [-0.2, 0) is 16.0 Å². The van der Waals surface area contributed by atoms with Gasteiger partial charge in [-0.15, -0.1) is 0 Å². The first kappa shape index (κ1) is 20.6. The molecule has 30 heavy (non-hydrogen) atoms. The highest BCUT2D eigenvalue weighted by Gasteiger charge is 2.38. The van der Waals surface area contributed by atoms with Gasteiger partial charge in [0.25, 0.3) is 0 Å². The standard InChI is InChI=1S/C25H31N3O2/c1-19(29)26-23-9-5-6-10-24(23)28(25(30)21-11-12-21)22-14-17-27(18-15-22)16-13-20-7-3-2-4-8-20/h2-10,21-22H,11-18H2,1H3,(H,26,29). The number of likely N-dealkylation sites (tertiary alicyclic amines) is 1. The van der Waals surface area contributed by atoms with Crippen molar-refractivity contribution in [1.29, 1.82) is 0 Å². The fourth-order valence-electron chi connectivity index (χ4n) is 4.33. The van der Waals surface area contributed by atoms with E-state index in [1.807, 2.05) is 29.2 Å². The third-order valence-corrected chi connectivity index (χ3v) is 6.12. The molecule has 4 rings (SSSR count). The lowest BCUT2D eigenvalue weighted by Gasteiger charge is -2.39. The molecule has 5 heteroatoms. The lowest BCUT2D eigenvalue weighted by molar-refractivity contribution is -0.120. The van der Waals surface area contributed by atoms with E-state index in [0.717, 1.165) is 63.1 Å². The summed E-state index contributed by atoms with van der Waals surface area (Å²) in [5.41, 5.74) is 2.94. The molecule has 2 fully saturated rings. The molecular weight excluding hydrogens is 374 g/mol. The summed E-state index contributed by atoms with van der Waals surface area (Å²) in [4.78, 5) is 29.4. The summed E-state index contributed by atoms with van der Waals surface area (Å²) in [7, 11) is 0. The van der Waals surface area contributed by atoms with Crippen molar-refractivity contribution in [3.05, 3.63) is 60.2 Å². The summed E-state index contributed by atoms with van der Waals surface area (Å²) in [5, 5.41) is 2.91. The highest BCUT2D eigenvalue weighted by Crippen LogP contribution is 2.38. The Balaban J connectivity index is 1.44. The minimum atomic E-state index is -0.114. The topological polar surface area (TPSA) is 52.7 Å². The molecule has 158 valence electrons. The summed E-state index contributed by atoms with van der Waals surface area (Å²) in [6.07, 6.45) is 4.94. The Morgan fingerprint density at radius 2 is 1.63 bits per heavy atom. The lowest BCUT2D eigenvalue weighted by atomic mass is 10.00. The average molecular weight is 406 g/mol. The molecule has 1 saturated heterocycles. The van der Waals surface area contributed by atoms with Crippen molar-refractivity contribution in [3.63, 3.8) is 0 Å². The molecule has 0 atom stereocenters. The maximum atomic E-state index is 13.2. The number of hydrogen-bond donors (Lipinski definition) is 1. The second-order valence-corrected chi connectivity index (χ2v) is 8.49. The quantitative estimate of drug-likeness (QED) is 0.755. The number of rotatable bonds is 7. The van der Waals surface area contributed by atoms with Gasteiger partial charge in [0.05, 0.1) is 11.4 Å². The van der Waals surface area contributed by atoms with Crippen molar-refractivity contribution in [1.82, 2.24) is 4.90 Å². The van der Waals surface area contributed by atoms with Gasteiger partial charge in [0, 0.05) is 38.5 Å². The van der Waals surface area contributed by atoms with Gasteiger partial charge in [0.2, 0.25) is 11.8 Å². The van der Waals surface area contributed by atoms with Crippen molar-refractivity contribution >= 4 is 23.2 Å². The number of benzene rings is 2. The Kier molecular flexibility index (Phi) is 6.48. The summed E-state index contributed by atoms with van der Waals surface area (Å²) in [5.74, 6) is 0.249. The van der Waals surface area contributed by atoms with Crippen molar-refractivity contribution in [2.75, 3.05) is 29.9 Å². The van der Waals surface area contributed by atoms with Crippen LogP contribution in [0.4, 0.5) is 11.4 Å². The van der Waals surface area contributed by atoms with Crippen LogP contribution in [0, 0.1) is 5.92 Å². The summed E-state index contributed by atoms with van der Waals surface area (Å²) in [6, 6.07) is 18.5. The van der Waals surface area contributed by atoms with Crippen molar-refractivity contribution in [3.8, 4) is 0 Å². The molecule has 1 aliphatic heterocycles. The number of hydrogen-bond acceptors (Lipinski definition) is 3. The van der Waals surface area contributed by atoms with Crippen LogP contribution in [0.1, 0.15) is 38.2 Å². The van der Waals surface area contributed by atoms with Crippen LogP contribution in [0.5, 0.6) is 0 Å². The first-order valence-corrected chi connectivity index (χ1v) is 11.1. The van der Waals surface area contributed by atoms with Crippen LogP contribution in [-0.4, -0.2) is 42.4 Å². The molecule has 2 aromatic carbocycles. The highest BCUT2D eigenvalue weighted by molar-refractivity contribution is 6.02. The van der Waals surface area contributed by atoms with E-state index >= 15 is 0 Å². The zero-order valence-corrected chi connectivity index (χ0v) is 17.7. The number of anilines is 2. The van der Waals surface area contributed by atoms with E-state index in [9.17, 15) is 9.59 Å². The largest absolute Gasteiger partial charge is 0.325 e. The molecule has 0 aromatic heterocycles. The monoisotopic (exact) mass is 405 g/mol. The number of nitrogens with zero attached hydrogens (tertiary/aromatic N) is 2. The van der Waals surface area contributed by atoms with Crippen LogP contribution in [0.15, 0.2) is 54.6 Å². The molecule has 2 aliphatic rings. The molecule has 0 bridgehead atoms. The Morgan fingerprint density at radius 3 is 2.30 bits per heavy atom. The van der Waals surface area contributed by atoms with E-state index < -0.39 is 0 Å². The molecule has 2 aromatic rings. The fraction of sp³-hybridized carbons (Fsp3) is 0.440. The van der Waals surface area contributed by atoms with Gasteiger partial charge in [0.1, 0.15) is 0 Å². The third-order valence-electron chi connectivity index (χ3n) is 6.12. The zero-order chi connectivity index (χ0) is 20.9. The summed E-state index contributed by atoms with van der Waals surface area (Å²) in [6.45, 7) is 4.55. The Labute approximate surface area is 179 Å². The van der Waals surface area contributed by atoms with Crippen LogP contribution in [0.2, 0.25) is 0 Å². The maximum absolute atomic E-state index is 13.2. The molecule has 1 heterocycles. The third kappa shape index (κ3) is 5.08. The Morgan fingerprint density at radius 1 is 0.967 bits per heavy atom. The van der Waals surface area contributed by atoms with Gasteiger partial charge in [-0.25, -0.2) is 0 Å². The van der Waals surface area contributed by atoms with Crippen LogP contribution >= 0.6 is 0 Å². The highest BCUT2D eigenvalue weighted by atomic mass is 16.2. The number of para-hydroxylation sites is 2. The first-order valence-electron chi connectivity index (χ1n) is 11.1. The molecule has 5 nitrogen and oxygen atoms in total. The maximum Gasteiger partial charge on any atom is 0.230 e. The Bertz CT molecular complexity index is 871. The molecule has 0 spiro atoms. The number of nitrogens with one attached hydrogen (secondary N) is 1.